The van der Waals surface area contributed by atoms with E-state index in [1.807, 2.05) is 24.3 Å². The van der Waals surface area contributed by atoms with Gasteiger partial charge in [-0.25, -0.2) is 9.78 Å². The molecule has 80 valence electrons. The third kappa shape index (κ3) is 1.05. The van der Waals surface area contributed by atoms with Gasteiger partial charge in [-0.3, -0.25) is 4.40 Å². The minimum absolute atomic E-state index is 0.391. The standard InChI is InChI=1S/C11H9N3O2/c1-16-10(15)9-6-12-11-13-7-4-2-3-5-8(7)14(9)11/h2-6H,1H3,(H,12,13). The lowest BCUT2D eigenvalue weighted by atomic mass is 10.3. The fraction of sp³-hybridized carbons (Fsp3) is 0.0909. The summed E-state index contributed by atoms with van der Waals surface area (Å²) in [5.74, 6) is 0.249. The number of nitrogens with one attached hydrogen (secondary N) is 1. The molecular formula is C11H9N3O2. The quantitative estimate of drug-likeness (QED) is 0.627. The van der Waals surface area contributed by atoms with Crippen molar-refractivity contribution in [1.82, 2.24) is 14.4 Å². The van der Waals surface area contributed by atoms with Crippen LogP contribution in [-0.4, -0.2) is 27.4 Å². The number of esters is 1. The van der Waals surface area contributed by atoms with Crippen LogP contribution >= 0.6 is 0 Å². The molecule has 0 unspecified atom stereocenters. The van der Waals surface area contributed by atoms with Gasteiger partial charge in [0.1, 0.15) is 0 Å². The molecule has 2 aromatic heterocycles. The van der Waals surface area contributed by atoms with Crippen LogP contribution in [0.1, 0.15) is 10.5 Å². The summed E-state index contributed by atoms with van der Waals surface area (Å²) in [7, 11) is 1.36. The molecule has 3 rings (SSSR count). The van der Waals surface area contributed by atoms with Crippen molar-refractivity contribution in [3.63, 3.8) is 0 Å². The summed E-state index contributed by atoms with van der Waals surface area (Å²) in [5.41, 5.74) is 2.28. The molecule has 0 spiro atoms. The van der Waals surface area contributed by atoms with Crippen LogP contribution in [0.3, 0.4) is 0 Å². The first-order valence-corrected chi connectivity index (χ1v) is 4.84. The molecule has 0 aliphatic rings. The molecule has 1 aromatic carbocycles. The molecule has 2 heterocycles. The number of hydrogen-bond donors (Lipinski definition) is 1. The molecular weight excluding hydrogens is 206 g/mol. The van der Waals surface area contributed by atoms with Crippen LogP contribution in [0.15, 0.2) is 30.5 Å². The Kier molecular flexibility index (Phi) is 1.73. The number of ether oxygens (including phenoxy) is 1. The Morgan fingerprint density at radius 1 is 1.44 bits per heavy atom. The fourth-order valence-corrected chi connectivity index (χ4v) is 1.83. The van der Waals surface area contributed by atoms with E-state index in [-0.39, 0.29) is 0 Å². The maximum atomic E-state index is 11.5. The van der Waals surface area contributed by atoms with Gasteiger partial charge in [-0.05, 0) is 12.1 Å². The Labute approximate surface area is 90.7 Å². The van der Waals surface area contributed by atoms with Gasteiger partial charge >= 0.3 is 5.97 Å². The second kappa shape index (κ2) is 3.10. The lowest BCUT2D eigenvalue weighted by Gasteiger charge is -1.97. The maximum absolute atomic E-state index is 11.5. The van der Waals surface area contributed by atoms with Crippen LogP contribution < -0.4 is 0 Å². The second-order valence-corrected chi connectivity index (χ2v) is 3.44. The number of carbonyl (C=O) groups excluding carboxylic acids is 1. The van der Waals surface area contributed by atoms with Gasteiger partial charge in [0, 0.05) is 0 Å². The van der Waals surface area contributed by atoms with Crippen molar-refractivity contribution < 1.29 is 9.53 Å². The van der Waals surface area contributed by atoms with Crippen LogP contribution in [0.5, 0.6) is 0 Å². The molecule has 0 fully saturated rings. The molecule has 5 heteroatoms. The predicted molar refractivity (Wildman–Crippen MR) is 58.4 cm³/mol. The van der Waals surface area contributed by atoms with Gasteiger partial charge in [0.05, 0.1) is 24.3 Å². The average molecular weight is 215 g/mol. The van der Waals surface area contributed by atoms with Gasteiger partial charge in [0.25, 0.3) is 0 Å². The highest BCUT2D eigenvalue weighted by molar-refractivity contribution is 5.91. The summed E-state index contributed by atoms with van der Waals surface area (Å²) in [6.07, 6.45) is 1.50. The predicted octanol–water partition coefficient (Wildman–Crippen LogP) is 1.60. The maximum Gasteiger partial charge on any atom is 0.356 e. The van der Waals surface area contributed by atoms with Crippen molar-refractivity contribution in [2.45, 2.75) is 0 Å². The lowest BCUT2D eigenvalue weighted by molar-refractivity contribution is 0.0593. The third-order valence-electron chi connectivity index (χ3n) is 2.55. The zero-order chi connectivity index (χ0) is 11.1. The van der Waals surface area contributed by atoms with Crippen LogP contribution in [0.4, 0.5) is 0 Å². The van der Waals surface area contributed by atoms with Crippen LogP contribution in [0.2, 0.25) is 0 Å². The SMILES string of the molecule is COC(=O)c1cnc2[nH]c3ccccc3n12. The number of benzene rings is 1. The monoisotopic (exact) mass is 215 g/mol. The van der Waals surface area contributed by atoms with E-state index in [2.05, 4.69) is 9.97 Å². The first kappa shape index (κ1) is 8.96. The van der Waals surface area contributed by atoms with E-state index in [1.54, 1.807) is 4.40 Å². The van der Waals surface area contributed by atoms with E-state index in [1.165, 1.54) is 13.3 Å². The number of imidazole rings is 2. The van der Waals surface area contributed by atoms with Crippen molar-refractivity contribution in [2.75, 3.05) is 7.11 Å². The molecule has 1 N–H and O–H groups in total. The Balaban J connectivity index is 2.43. The molecule has 0 aliphatic heterocycles. The van der Waals surface area contributed by atoms with Gasteiger partial charge in [0.15, 0.2) is 5.69 Å². The highest BCUT2D eigenvalue weighted by Crippen LogP contribution is 2.18. The Morgan fingerprint density at radius 3 is 3.06 bits per heavy atom. The smallest absolute Gasteiger partial charge is 0.356 e. The van der Waals surface area contributed by atoms with Gasteiger partial charge in [-0.2, -0.15) is 0 Å². The Hall–Kier alpha value is -2.30. The number of H-pyrrole nitrogens is 1. The molecule has 0 radical (unpaired) electrons. The number of methoxy groups -OCH3 is 1. The molecule has 3 aromatic rings. The number of nitrogens with zero attached hydrogens (tertiary/aromatic N) is 2. The first-order chi connectivity index (χ1) is 7.81. The lowest BCUT2D eigenvalue weighted by Crippen LogP contribution is -2.04. The molecule has 5 nitrogen and oxygen atoms in total. The van der Waals surface area contributed by atoms with E-state index in [0.717, 1.165) is 11.0 Å². The number of aromatic nitrogens is 3. The van der Waals surface area contributed by atoms with E-state index < -0.39 is 5.97 Å². The van der Waals surface area contributed by atoms with Gasteiger partial charge in [-0.15, -0.1) is 0 Å². The van der Waals surface area contributed by atoms with Crippen LogP contribution in [0, 0.1) is 0 Å². The van der Waals surface area contributed by atoms with E-state index >= 15 is 0 Å². The van der Waals surface area contributed by atoms with Crippen molar-refractivity contribution in [3.8, 4) is 0 Å². The van der Waals surface area contributed by atoms with Crippen molar-refractivity contribution in [1.29, 1.82) is 0 Å². The number of fused-ring (bicyclic) bond motifs is 3. The Morgan fingerprint density at radius 2 is 2.25 bits per heavy atom. The van der Waals surface area contributed by atoms with Gasteiger partial charge < -0.3 is 9.72 Å². The van der Waals surface area contributed by atoms with Crippen molar-refractivity contribution >= 4 is 22.8 Å². The first-order valence-electron chi connectivity index (χ1n) is 4.84. The summed E-state index contributed by atoms with van der Waals surface area (Å²) >= 11 is 0. The minimum Gasteiger partial charge on any atom is -0.464 e. The van der Waals surface area contributed by atoms with Gasteiger partial charge in [0.2, 0.25) is 5.78 Å². The number of hydrogen-bond acceptors (Lipinski definition) is 3. The second-order valence-electron chi connectivity index (χ2n) is 3.44. The minimum atomic E-state index is -0.391. The molecule has 0 bridgehead atoms. The van der Waals surface area contributed by atoms with E-state index in [4.69, 9.17) is 4.74 Å². The van der Waals surface area contributed by atoms with E-state index in [0.29, 0.717) is 11.5 Å². The van der Waals surface area contributed by atoms with Crippen LogP contribution in [-0.2, 0) is 4.74 Å². The highest BCUT2D eigenvalue weighted by atomic mass is 16.5. The summed E-state index contributed by atoms with van der Waals surface area (Å²) < 4.78 is 6.46. The summed E-state index contributed by atoms with van der Waals surface area (Å²) in [4.78, 5) is 18.8. The van der Waals surface area contributed by atoms with Crippen molar-refractivity contribution in [3.05, 3.63) is 36.2 Å². The van der Waals surface area contributed by atoms with Gasteiger partial charge in [-0.1, -0.05) is 12.1 Å². The zero-order valence-corrected chi connectivity index (χ0v) is 8.60. The zero-order valence-electron chi connectivity index (χ0n) is 8.60. The molecule has 0 aliphatic carbocycles. The number of carbonyl (C=O) groups is 1. The molecule has 0 atom stereocenters. The summed E-state index contributed by atoms with van der Waals surface area (Å²) in [6.45, 7) is 0. The normalized spacial score (nSPS) is 11.1. The fourth-order valence-electron chi connectivity index (χ4n) is 1.83. The molecule has 0 amide bonds. The molecule has 16 heavy (non-hydrogen) atoms. The summed E-state index contributed by atoms with van der Waals surface area (Å²) in [5, 5.41) is 0. The highest BCUT2D eigenvalue weighted by Gasteiger charge is 2.15. The molecule has 0 saturated carbocycles. The average Bonchev–Trinajstić information content (AvgIpc) is 2.86. The number of para-hydroxylation sites is 2. The number of rotatable bonds is 1. The Bertz CT molecular complexity index is 681. The van der Waals surface area contributed by atoms with Crippen LogP contribution in [0.25, 0.3) is 16.8 Å². The third-order valence-corrected chi connectivity index (χ3v) is 2.55. The topological polar surface area (TPSA) is 59.4 Å². The molecule has 0 saturated heterocycles. The van der Waals surface area contributed by atoms with Crippen molar-refractivity contribution in [2.24, 2.45) is 0 Å². The van der Waals surface area contributed by atoms with E-state index in [9.17, 15) is 4.79 Å². The summed E-state index contributed by atoms with van der Waals surface area (Å²) in [6, 6.07) is 7.70. The largest absolute Gasteiger partial charge is 0.464 e. The number of aromatic amines is 1.